The predicted molar refractivity (Wildman–Crippen MR) is 52.7 cm³/mol. The quantitative estimate of drug-likeness (QED) is 0.581. The summed E-state index contributed by atoms with van der Waals surface area (Å²) in [6.07, 6.45) is 3.21. The Morgan fingerprint density at radius 2 is 2.30 bits per heavy atom. The van der Waals surface area contributed by atoms with Crippen LogP contribution >= 0.6 is 30.1 Å². The Morgan fingerprint density at radius 3 is 2.70 bits per heavy atom. The van der Waals surface area contributed by atoms with Gasteiger partial charge in [0.15, 0.2) is 0 Å². The fraction of sp³-hybridized carbons (Fsp3) is 0.714. The highest BCUT2D eigenvalue weighted by Gasteiger charge is 2.23. The van der Waals surface area contributed by atoms with E-state index in [-0.39, 0.29) is 6.10 Å². The third-order valence-corrected chi connectivity index (χ3v) is 2.70. The Labute approximate surface area is 77.5 Å². The van der Waals surface area contributed by atoms with Gasteiger partial charge in [0.25, 0.3) is 0 Å². The number of hydrogen-bond acceptors (Lipinski definition) is 2. The summed E-state index contributed by atoms with van der Waals surface area (Å²) in [5, 5.41) is 12.1. The van der Waals surface area contributed by atoms with E-state index in [9.17, 15) is 5.11 Å². The molecular weight excluding hydrogens is 259 g/mol. The van der Waals surface area contributed by atoms with Gasteiger partial charge in [-0.05, 0) is 32.9 Å². The summed E-state index contributed by atoms with van der Waals surface area (Å²) in [6, 6.07) is 0. The van der Waals surface area contributed by atoms with E-state index < -0.39 is 0 Å². The molecule has 0 saturated heterocycles. The topological polar surface area (TPSA) is 20.2 Å². The normalized spacial score (nSPS) is 20.6. The third-order valence-electron chi connectivity index (χ3n) is 1.84. The summed E-state index contributed by atoms with van der Waals surface area (Å²) >= 11 is 2.11. The first-order valence-electron chi connectivity index (χ1n) is 3.31. The van der Waals surface area contributed by atoms with Crippen molar-refractivity contribution in [2.45, 2.75) is 25.4 Å². The summed E-state index contributed by atoms with van der Waals surface area (Å²) in [6.45, 7) is 0. The molecule has 1 aliphatic carbocycles. The average molecular weight is 268 g/mol. The zero-order valence-electron chi connectivity index (χ0n) is 5.51. The van der Waals surface area contributed by atoms with Gasteiger partial charge in [-0.3, -0.25) is 0 Å². The summed E-state index contributed by atoms with van der Waals surface area (Å²) in [4.78, 5) is 0. The Hall–Kier alpha value is 0.600. The Morgan fingerprint density at radius 1 is 1.60 bits per heavy atom. The summed E-state index contributed by atoms with van der Waals surface area (Å²) in [5.41, 5.74) is 0. The molecule has 0 heterocycles. The molecule has 0 aliphatic heterocycles. The highest BCUT2D eigenvalue weighted by Crippen LogP contribution is 2.29. The maximum atomic E-state index is 9.31. The van der Waals surface area contributed by atoms with Crippen LogP contribution in [0.4, 0.5) is 0 Å². The molecule has 56 valence electrons. The first kappa shape index (κ1) is 8.69. The molecule has 1 N–H and O–H groups in total. The van der Waals surface area contributed by atoms with Crippen molar-refractivity contribution in [3.8, 4) is 11.2 Å². The molecule has 0 amide bonds. The first-order valence-corrected chi connectivity index (χ1v) is 6.66. The van der Waals surface area contributed by atoms with Crippen molar-refractivity contribution in [1.29, 1.82) is 0 Å². The lowest BCUT2D eigenvalue weighted by Crippen LogP contribution is -2.24. The van der Waals surface area contributed by atoms with Crippen LogP contribution in [0.1, 0.15) is 19.3 Å². The van der Waals surface area contributed by atoms with Crippen molar-refractivity contribution in [3.63, 3.8) is 0 Å². The molecule has 10 heavy (non-hydrogen) atoms. The molecule has 1 saturated carbocycles. The molecule has 3 heteroatoms. The zero-order valence-corrected chi connectivity index (χ0v) is 8.48. The smallest absolute Gasteiger partial charge is 0.118 e. The van der Waals surface area contributed by atoms with Crippen molar-refractivity contribution >= 4 is 30.1 Å². The fourth-order valence-corrected chi connectivity index (χ4v) is 1.50. The van der Waals surface area contributed by atoms with E-state index in [2.05, 4.69) is 32.4 Å². The van der Waals surface area contributed by atoms with Crippen molar-refractivity contribution in [3.05, 3.63) is 0 Å². The van der Waals surface area contributed by atoms with E-state index in [1.807, 2.05) is 0 Å². The molecule has 0 spiro atoms. The largest absolute Gasteiger partial charge is 0.380 e. The molecule has 0 aromatic carbocycles. The van der Waals surface area contributed by atoms with Gasteiger partial charge in [0, 0.05) is 21.2 Å². The van der Waals surface area contributed by atoms with Crippen LogP contribution in [0, 0.1) is 17.1 Å². The summed E-state index contributed by atoms with van der Waals surface area (Å²) in [5.74, 6) is 3.26. The molecule has 1 aliphatic rings. The van der Waals surface area contributed by atoms with Gasteiger partial charge in [0.05, 0.1) is 0 Å². The van der Waals surface area contributed by atoms with Crippen LogP contribution in [0.25, 0.3) is 0 Å². The summed E-state index contributed by atoms with van der Waals surface area (Å²) in [7, 11) is 1.43. The van der Waals surface area contributed by atoms with Crippen LogP contribution < -0.4 is 0 Å². The van der Waals surface area contributed by atoms with Crippen molar-refractivity contribution in [1.82, 2.24) is 0 Å². The molecule has 1 nitrogen and oxygen atoms in total. The van der Waals surface area contributed by atoms with Gasteiger partial charge >= 0.3 is 0 Å². The highest BCUT2D eigenvalue weighted by atomic mass is 127. The molecule has 0 bridgehead atoms. The van der Waals surface area contributed by atoms with Gasteiger partial charge in [-0.25, -0.2) is 0 Å². The van der Waals surface area contributed by atoms with E-state index in [0.29, 0.717) is 5.92 Å². The van der Waals surface area contributed by atoms with E-state index in [1.165, 1.54) is 15.4 Å². The van der Waals surface area contributed by atoms with Crippen LogP contribution in [-0.4, -0.2) is 11.2 Å². The van der Waals surface area contributed by atoms with Gasteiger partial charge in [-0.1, -0.05) is 12.3 Å². The van der Waals surface area contributed by atoms with E-state index in [1.54, 1.807) is 0 Å². The molecule has 0 radical (unpaired) electrons. The maximum Gasteiger partial charge on any atom is 0.118 e. The van der Waals surface area contributed by atoms with Crippen LogP contribution in [0.2, 0.25) is 0 Å². The average Bonchev–Trinajstić information content (AvgIpc) is 1.79. The number of aliphatic hydroxyl groups is 1. The second-order valence-electron chi connectivity index (χ2n) is 2.46. The van der Waals surface area contributed by atoms with Gasteiger partial charge in [-0.2, -0.15) is 0 Å². The van der Waals surface area contributed by atoms with Crippen molar-refractivity contribution in [2.24, 2.45) is 5.92 Å². The lowest BCUT2D eigenvalue weighted by molar-refractivity contribution is 0.108. The van der Waals surface area contributed by atoms with E-state index >= 15 is 0 Å². The molecule has 1 unspecified atom stereocenters. The minimum absolute atomic E-state index is 0.365. The zero-order chi connectivity index (χ0) is 7.40. The van der Waals surface area contributed by atoms with Gasteiger partial charge in [-0.15, -0.1) is 0 Å². The minimum Gasteiger partial charge on any atom is -0.380 e. The lowest BCUT2D eigenvalue weighted by Gasteiger charge is -2.26. The predicted octanol–water partition coefficient (Wildman–Crippen LogP) is 2.19. The molecule has 0 aromatic heterocycles. The third kappa shape index (κ3) is 2.33. The standard InChI is InChI=1S/C7H9IOS/c8-10-5-4-7(9)6-2-1-3-6/h6-7,9H,1-3H2. The van der Waals surface area contributed by atoms with Crippen LogP contribution in [-0.2, 0) is 0 Å². The molecule has 1 fully saturated rings. The SMILES string of the molecule is OC(C#CSI)C1CCC1. The first-order chi connectivity index (χ1) is 4.84. The Balaban J connectivity index is 2.25. The van der Waals surface area contributed by atoms with Crippen LogP contribution in [0.5, 0.6) is 0 Å². The number of aliphatic hydroxyl groups excluding tert-OH is 1. The minimum atomic E-state index is -0.365. The van der Waals surface area contributed by atoms with Crippen LogP contribution in [0.3, 0.4) is 0 Å². The van der Waals surface area contributed by atoms with Gasteiger partial charge in [0.2, 0.25) is 0 Å². The molecule has 0 aromatic rings. The monoisotopic (exact) mass is 268 g/mol. The Kier molecular flexibility index (Phi) is 3.89. The Bertz CT molecular complexity index is 157. The van der Waals surface area contributed by atoms with Gasteiger partial charge < -0.3 is 5.11 Å². The van der Waals surface area contributed by atoms with E-state index in [4.69, 9.17) is 0 Å². The second-order valence-corrected chi connectivity index (χ2v) is 4.14. The number of rotatable bonds is 1. The molecular formula is C7H9IOS. The van der Waals surface area contributed by atoms with Crippen LogP contribution in [0.15, 0.2) is 0 Å². The maximum absolute atomic E-state index is 9.31. The molecule has 1 rings (SSSR count). The van der Waals surface area contributed by atoms with Crippen molar-refractivity contribution in [2.75, 3.05) is 0 Å². The van der Waals surface area contributed by atoms with Gasteiger partial charge in [0.1, 0.15) is 6.10 Å². The lowest BCUT2D eigenvalue weighted by atomic mass is 9.81. The summed E-state index contributed by atoms with van der Waals surface area (Å²) < 4.78 is 0. The second kappa shape index (κ2) is 4.47. The van der Waals surface area contributed by atoms with Crippen molar-refractivity contribution < 1.29 is 5.11 Å². The highest BCUT2D eigenvalue weighted by molar-refractivity contribution is 14.2. The molecule has 1 atom stereocenters. The number of halogens is 1. The van der Waals surface area contributed by atoms with E-state index in [0.717, 1.165) is 12.8 Å². The number of hydrogen-bond donors (Lipinski definition) is 1. The fourth-order valence-electron chi connectivity index (χ4n) is 0.956.